The molecule has 0 radical (unpaired) electrons. The minimum Gasteiger partial charge on any atom is -0.322 e. The highest BCUT2D eigenvalue weighted by atomic mass is 32.2. The van der Waals surface area contributed by atoms with E-state index in [1.54, 1.807) is 16.7 Å². The molecule has 0 aliphatic heterocycles. The summed E-state index contributed by atoms with van der Waals surface area (Å²) in [5.74, 6) is -0.0808. The highest BCUT2D eigenvalue weighted by molar-refractivity contribution is 8.01. The molecule has 0 fully saturated rings. The number of carbonyl (C=O) groups is 1. The van der Waals surface area contributed by atoms with Gasteiger partial charge < -0.3 is 5.32 Å². The predicted octanol–water partition coefficient (Wildman–Crippen LogP) is 2.56. The Morgan fingerprint density at radius 3 is 3.17 bits per heavy atom. The molecule has 64 valence electrons. The quantitative estimate of drug-likeness (QED) is 0.758. The van der Waals surface area contributed by atoms with Crippen LogP contribution in [0.2, 0.25) is 0 Å². The van der Waals surface area contributed by atoms with Crippen molar-refractivity contribution in [2.75, 3.05) is 11.6 Å². The van der Waals surface area contributed by atoms with Crippen LogP contribution in [0.3, 0.4) is 0 Å². The number of nitrogens with one attached hydrogen (secondary N) is 1. The molecule has 0 saturated heterocycles. The van der Waals surface area contributed by atoms with E-state index in [0.29, 0.717) is 0 Å². The third-order valence-electron chi connectivity index (χ3n) is 1.14. The van der Waals surface area contributed by atoms with E-state index in [0.717, 1.165) is 5.69 Å². The Morgan fingerprint density at radius 1 is 1.75 bits per heavy atom. The maximum Gasteiger partial charge on any atom is 0.248 e. The highest BCUT2D eigenvalue weighted by Crippen LogP contribution is 2.11. The third kappa shape index (κ3) is 3.11. The summed E-state index contributed by atoms with van der Waals surface area (Å²) in [7, 11) is 0. The van der Waals surface area contributed by atoms with E-state index in [9.17, 15) is 4.79 Å². The van der Waals surface area contributed by atoms with Crippen LogP contribution in [0.5, 0.6) is 0 Å². The largest absolute Gasteiger partial charge is 0.322 e. The van der Waals surface area contributed by atoms with Gasteiger partial charge >= 0.3 is 0 Å². The molecule has 0 atom stereocenters. The first-order valence-corrected chi connectivity index (χ1v) is 5.58. The molecule has 12 heavy (non-hydrogen) atoms. The van der Waals surface area contributed by atoms with Crippen molar-refractivity contribution in [2.24, 2.45) is 0 Å². The molecule has 1 aromatic heterocycles. The standard InChI is InChI=1S/C8H9NOS2/c1-11-4-3-8(10)9-7-2-5-12-6-7/h2-6H,1H3,(H,9,10)/b4-3+. The Hall–Kier alpha value is -0.740. The molecule has 4 heteroatoms. The molecule has 1 amide bonds. The number of anilines is 1. The summed E-state index contributed by atoms with van der Waals surface area (Å²) in [6, 6.07) is 1.87. The fraction of sp³-hybridized carbons (Fsp3) is 0.125. The zero-order valence-corrected chi connectivity index (χ0v) is 8.24. The number of rotatable bonds is 3. The Balaban J connectivity index is 2.42. The van der Waals surface area contributed by atoms with Gasteiger partial charge in [0.05, 0.1) is 5.69 Å². The maximum atomic E-state index is 11.1. The van der Waals surface area contributed by atoms with Crippen molar-refractivity contribution in [3.8, 4) is 0 Å². The van der Waals surface area contributed by atoms with Crippen LogP contribution in [0.1, 0.15) is 0 Å². The maximum absolute atomic E-state index is 11.1. The van der Waals surface area contributed by atoms with Crippen LogP contribution in [-0.2, 0) is 4.79 Å². The molecule has 1 aromatic rings. The second-order valence-corrected chi connectivity index (χ2v) is 3.56. The van der Waals surface area contributed by atoms with Gasteiger partial charge in [-0.1, -0.05) is 0 Å². The Morgan fingerprint density at radius 2 is 2.58 bits per heavy atom. The number of hydrogen-bond donors (Lipinski definition) is 1. The van der Waals surface area contributed by atoms with Gasteiger partial charge in [-0.05, 0) is 23.1 Å². The van der Waals surface area contributed by atoms with Gasteiger partial charge in [0.25, 0.3) is 0 Å². The average molecular weight is 199 g/mol. The van der Waals surface area contributed by atoms with E-state index in [1.807, 2.05) is 23.1 Å². The van der Waals surface area contributed by atoms with E-state index in [1.165, 1.54) is 17.8 Å². The van der Waals surface area contributed by atoms with Crippen molar-refractivity contribution in [2.45, 2.75) is 0 Å². The van der Waals surface area contributed by atoms with Crippen LogP contribution in [0.25, 0.3) is 0 Å². The lowest BCUT2D eigenvalue weighted by atomic mass is 10.5. The number of thiophene rings is 1. The van der Waals surface area contributed by atoms with Gasteiger partial charge in [-0.2, -0.15) is 11.3 Å². The van der Waals surface area contributed by atoms with Gasteiger partial charge in [0.15, 0.2) is 0 Å². The molecule has 1 N–H and O–H groups in total. The summed E-state index contributed by atoms with van der Waals surface area (Å²) in [6.45, 7) is 0. The minimum atomic E-state index is -0.0808. The first kappa shape index (κ1) is 9.35. The van der Waals surface area contributed by atoms with Crippen molar-refractivity contribution in [1.29, 1.82) is 0 Å². The molecule has 2 nitrogen and oxygen atoms in total. The first-order chi connectivity index (χ1) is 5.83. The van der Waals surface area contributed by atoms with Crippen LogP contribution in [0, 0.1) is 0 Å². The minimum absolute atomic E-state index is 0.0808. The second kappa shape index (κ2) is 5.00. The van der Waals surface area contributed by atoms with Crippen LogP contribution < -0.4 is 5.32 Å². The zero-order chi connectivity index (χ0) is 8.81. The van der Waals surface area contributed by atoms with Gasteiger partial charge in [-0.3, -0.25) is 4.79 Å². The van der Waals surface area contributed by atoms with Crippen LogP contribution >= 0.6 is 23.1 Å². The molecule has 1 heterocycles. The zero-order valence-electron chi connectivity index (χ0n) is 6.61. The Labute approximate surface area is 79.7 Å². The molecule has 0 saturated carbocycles. The molecule has 1 rings (SSSR count). The van der Waals surface area contributed by atoms with Gasteiger partial charge in [0.1, 0.15) is 0 Å². The van der Waals surface area contributed by atoms with Gasteiger partial charge in [0.2, 0.25) is 5.91 Å². The number of thioether (sulfide) groups is 1. The summed E-state index contributed by atoms with van der Waals surface area (Å²) < 4.78 is 0. The predicted molar refractivity (Wildman–Crippen MR) is 55.6 cm³/mol. The molecular formula is C8H9NOS2. The molecular weight excluding hydrogens is 190 g/mol. The molecule has 0 unspecified atom stereocenters. The molecule has 0 aliphatic carbocycles. The monoisotopic (exact) mass is 199 g/mol. The smallest absolute Gasteiger partial charge is 0.248 e. The van der Waals surface area contributed by atoms with Gasteiger partial charge in [-0.15, -0.1) is 11.8 Å². The fourth-order valence-electron chi connectivity index (χ4n) is 0.649. The summed E-state index contributed by atoms with van der Waals surface area (Å²) in [4.78, 5) is 11.1. The summed E-state index contributed by atoms with van der Waals surface area (Å²) >= 11 is 3.07. The molecule has 0 aliphatic rings. The van der Waals surface area contributed by atoms with Crippen molar-refractivity contribution in [1.82, 2.24) is 0 Å². The van der Waals surface area contributed by atoms with Gasteiger partial charge in [-0.25, -0.2) is 0 Å². The van der Waals surface area contributed by atoms with E-state index in [-0.39, 0.29) is 5.91 Å². The second-order valence-electron chi connectivity index (χ2n) is 2.04. The lowest BCUT2D eigenvalue weighted by Gasteiger charge is -1.95. The molecule has 0 aromatic carbocycles. The highest BCUT2D eigenvalue weighted by Gasteiger charge is 1.95. The van der Waals surface area contributed by atoms with E-state index in [4.69, 9.17) is 0 Å². The molecule has 0 spiro atoms. The fourth-order valence-corrected chi connectivity index (χ4v) is 1.50. The van der Waals surface area contributed by atoms with Crippen LogP contribution in [0.15, 0.2) is 28.3 Å². The van der Waals surface area contributed by atoms with Crippen molar-refractivity contribution in [3.63, 3.8) is 0 Å². The van der Waals surface area contributed by atoms with E-state index >= 15 is 0 Å². The van der Waals surface area contributed by atoms with E-state index in [2.05, 4.69) is 5.32 Å². The summed E-state index contributed by atoms with van der Waals surface area (Å²) in [5.41, 5.74) is 0.857. The lowest BCUT2D eigenvalue weighted by molar-refractivity contribution is -0.111. The van der Waals surface area contributed by atoms with Crippen LogP contribution in [-0.4, -0.2) is 12.2 Å². The summed E-state index contributed by atoms with van der Waals surface area (Å²) in [6.07, 6.45) is 3.43. The third-order valence-corrected chi connectivity index (χ3v) is 2.24. The normalized spacial score (nSPS) is 10.4. The van der Waals surface area contributed by atoms with Crippen LogP contribution in [0.4, 0.5) is 5.69 Å². The first-order valence-electron chi connectivity index (χ1n) is 3.35. The topological polar surface area (TPSA) is 29.1 Å². The Bertz CT molecular complexity index is 267. The lowest BCUT2D eigenvalue weighted by Crippen LogP contribution is -2.06. The number of amides is 1. The van der Waals surface area contributed by atoms with E-state index < -0.39 is 0 Å². The number of hydrogen-bond acceptors (Lipinski definition) is 3. The average Bonchev–Trinajstić information content (AvgIpc) is 2.53. The molecule has 0 bridgehead atoms. The summed E-state index contributed by atoms with van der Waals surface area (Å²) in [5, 5.41) is 8.30. The van der Waals surface area contributed by atoms with Gasteiger partial charge in [0, 0.05) is 11.5 Å². The van der Waals surface area contributed by atoms with Crippen molar-refractivity contribution < 1.29 is 4.79 Å². The number of carbonyl (C=O) groups excluding carboxylic acids is 1. The van der Waals surface area contributed by atoms with Crippen molar-refractivity contribution >= 4 is 34.7 Å². The SMILES string of the molecule is CS/C=C/C(=O)Nc1ccsc1. The Kier molecular flexibility index (Phi) is 3.90. The van der Waals surface area contributed by atoms with Crippen molar-refractivity contribution in [3.05, 3.63) is 28.3 Å².